The monoisotopic (exact) mass is 357 g/mol. The van der Waals surface area contributed by atoms with Gasteiger partial charge >= 0.3 is 5.97 Å². The number of allylic oxidation sites excluding steroid dienone is 2. The molecule has 0 aliphatic carbocycles. The third kappa shape index (κ3) is 3.46. The fraction of sp³-hybridized carbons (Fsp3) is 0.316. The minimum atomic E-state index is -0.425. The molecule has 0 saturated heterocycles. The van der Waals surface area contributed by atoms with Crippen molar-refractivity contribution < 1.29 is 28.3 Å². The van der Waals surface area contributed by atoms with Crippen molar-refractivity contribution >= 4 is 11.8 Å². The molecule has 2 heterocycles. The SMILES string of the molecule is COc1cc(CCC(=O)Oc2cc(C)c3c(c2)OC(=C(C)C)C3=O)on1. The van der Waals surface area contributed by atoms with Crippen LogP contribution >= 0.6 is 0 Å². The van der Waals surface area contributed by atoms with Crippen LogP contribution in [0.15, 0.2) is 34.1 Å². The van der Waals surface area contributed by atoms with E-state index in [1.54, 1.807) is 25.1 Å². The van der Waals surface area contributed by atoms with Gasteiger partial charge in [-0.15, -0.1) is 0 Å². The second-order valence-electron chi connectivity index (χ2n) is 6.18. The van der Waals surface area contributed by atoms with Crippen LogP contribution in [0.25, 0.3) is 0 Å². The number of nitrogens with zero attached hydrogens (tertiary/aromatic N) is 1. The third-order valence-electron chi connectivity index (χ3n) is 3.93. The van der Waals surface area contributed by atoms with Crippen LogP contribution in [0, 0.1) is 6.92 Å². The predicted octanol–water partition coefficient (Wildman–Crippen LogP) is 3.40. The molecule has 0 atom stereocenters. The summed E-state index contributed by atoms with van der Waals surface area (Å²) in [6.45, 7) is 5.41. The fourth-order valence-electron chi connectivity index (χ4n) is 2.67. The van der Waals surface area contributed by atoms with Gasteiger partial charge in [0.2, 0.25) is 5.78 Å². The Morgan fingerprint density at radius 3 is 2.65 bits per heavy atom. The van der Waals surface area contributed by atoms with E-state index in [2.05, 4.69) is 5.16 Å². The van der Waals surface area contributed by atoms with Crippen LogP contribution in [0.2, 0.25) is 0 Å². The van der Waals surface area contributed by atoms with Gasteiger partial charge in [-0.25, -0.2) is 0 Å². The molecule has 1 aromatic carbocycles. The first-order valence-electron chi connectivity index (χ1n) is 8.14. The Bertz CT molecular complexity index is 905. The molecular weight excluding hydrogens is 338 g/mol. The van der Waals surface area contributed by atoms with Gasteiger partial charge in [-0.3, -0.25) is 9.59 Å². The van der Waals surface area contributed by atoms with Crippen molar-refractivity contribution in [2.75, 3.05) is 7.11 Å². The number of benzene rings is 1. The van der Waals surface area contributed by atoms with Crippen molar-refractivity contribution in [2.24, 2.45) is 0 Å². The van der Waals surface area contributed by atoms with Crippen LogP contribution in [-0.2, 0) is 11.2 Å². The lowest BCUT2D eigenvalue weighted by Crippen LogP contribution is -2.09. The van der Waals surface area contributed by atoms with Gasteiger partial charge in [0, 0.05) is 18.6 Å². The van der Waals surface area contributed by atoms with Crippen LogP contribution in [0.5, 0.6) is 17.4 Å². The van der Waals surface area contributed by atoms with Gasteiger partial charge in [-0.2, -0.15) is 0 Å². The molecule has 0 N–H and O–H groups in total. The van der Waals surface area contributed by atoms with E-state index in [1.165, 1.54) is 7.11 Å². The smallest absolute Gasteiger partial charge is 0.311 e. The molecule has 0 spiro atoms. The number of aromatic nitrogens is 1. The third-order valence-corrected chi connectivity index (χ3v) is 3.93. The molecule has 7 nitrogen and oxygen atoms in total. The van der Waals surface area contributed by atoms with Gasteiger partial charge in [-0.1, -0.05) is 0 Å². The van der Waals surface area contributed by atoms with E-state index in [4.69, 9.17) is 18.7 Å². The predicted molar refractivity (Wildman–Crippen MR) is 91.5 cm³/mol. The minimum Gasteiger partial charge on any atom is -0.479 e. The molecule has 3 rings (SSSR count). The van der Waals surface area contributed by atoms with Gasteiger partial charge in [-0.05, 0) is 43.1 Å². The number of methoxy groups -OCH3 is 1. The van der Waals surface area contributed by atoms with Crippen molar-refractivity contribution in [3.63, 3.8) is 0 Å². The van der Waals surface area contributed by atoms with Gasteiger partial charge in [0.25, 0.3) is 5.88 Å². The van der Waals surface area contributed by atoms with Crippen LogP contribution in [-0.4, -0.2) is 24.0 Å². The number of ketones is 1. The van der Waals surface area contributed by atoms with Gasteiger partial charge in [0.1, 0.15) is 17.3 Å². The normalized spacial score (nSPS) is 12.6. The Labute approximate surface area is 150 Å². The van der Waals surface area contributed by atoms with E-state index in [1.807, 2.05) is 13.8 Å². The highest BCUT2D eigenvalue weighted by Gasteiger charge is 2.31. The zero-order chi connectivity index (χ0) is 18.8. The standard InChI is InChI=1S/C19H19NO6/c1-10(2)19-18(22)17-11(3)7-13(8-14(17)25-19)24-16(21)6-5-12-9-15(23-4)20-26-12/h7-9H,5-6H2,1-4H3. The summed E-state index contributed by atoms with van der Waals surface area (Å²) in [6.07, 6.45) is 0.462. The number of hydrogen-bond acceptors (Lipinski definition) is 7. The van der Waals surface area contributed by atoms with Crippen LogP contribution in [0.4, 0.5) is 0 Å². The van der Waals surface area contributed by atoms with Crippen LogP contribution in [0.1, 0.15) is 41.9 Å². The number of rotatable bonds is 5. The summed E-state index contributed by atoms with van der Waals surface area (Å²) in [4.78, 5) is 24.4. The number of fused-ring (bicyclic) bond motifs is 1. The van der Waals surface area contributed by atoms with Gasteiger partial charge in [0.05, 0.1) is 19.1 Å². The molecule has 0 saturated carbocycles. The van der Waals surface area contributed by atoms with Crippen LogP contribution < -0.4 is 14.2 Å². The highest BCUT2D eigenvalue weighted by atomic mass is 16.5. The van der Waals surface area contributed by atoms with E-state index >= 15 is 0 Å². The second-order valence-corrected chi connectivity index (χ2v) is 6.18. The molecule has 0 bridgehead atoms. The number of esters is 1. The number of hydrogen-bond donors (Lipinski definition) is 0. The van der Waals surface area contributed by atoms with Crippen molar-refractivity contribution in [1.29, 1.82) is 0 Å². The molecule has 0 unspecified atom stereocenters. The zero-order valence-corrected chi connectivity index (χ0v) is 15.0. The molecule has 1 aliphatic heterocycles. The van der Waals surface area contributed by atoms with E-state index < -0.39 is 5.97 Å². The minimum absolute atomic E-state index is 0.119. The lowest BCUT2D eigenvalue weighted by atomic mass is 10.0. The van der Waals surface area contributed by atoms with Gasteiger partial charge in [0.15, 0.2) is 5.76 Å². The topological polar surface area (TPSA) is 87.9 Å². The fourth-order valence-corrected chi connectivity index (χ4v) is 2.67. The summed E-state index contributed by atoms with van der Waals surface area (Å²) in [5.41, 5.74) is 2.01. The molecule has 26 heavy (non-hydrogen) atoms. The summed E-state index contributed by atoms with van der Waals surface area (Å²) < 4.78 is 21.0. The summed E-state index contributed by atoms with van der Waals surface area (Å²) in [5, 5.41) is 3.67. The van der Waals surface area contributed by atoms with Crippen molar-refractivity contribution in [1.82, 2.24) is 5.16 Å². The largest absolute Gasteiger partial charge is 0.479 e. The van der Waals surface area contributed by atoms with E-state index in [0.29, 0.717) is 46.4 Å². The summed E-state index contributed by atoms with van der Waals surface area (Å²) in [5.74, 6) is 1.40. The maximum Gasteiger partial charge on any atom is 0.311 e. The van der Waals surface area contributed by atoms with E-state index in [9.17, 15) is 9.59 Å². The molecule has 0 radical (unpaired) electrons. The first-order valence-corrected chi connectivity index (χ1v) is 8.14. The maximum atomic E-state index is 12.4. The van der Waals surface area contributed by atoms with Crippen molar-refractivity contribution in [3.05, 3.63) is 46.4 Å². The number of carbonyl (C=O) groups is 2. The Morgan fingerprint density at radius 2 is 2.00 bits per heavy atom. The lowest BCUT2D eigenvalue weighted by molar-refractivity contribution is -0.134. The quantitative estimate of drug-likeness (QED) is 0.460. The summed E-state index contributed by atoms with van der Waals surface area (Å²) in [6, 6.07) is 4.84. The number of aryl methyl sites for hydroxylation is 2. The summed E-state index contributed by atoms with van der Waals surface area (Å²) in [7, 11) is 1.49. The second kappa shape index (κ2) is 7.03. The van der Waals surface area contributed by atoms with Crippen molar-refractivity contribution in [3.8, 4) is 17.4 Å². The highest BCUT2D eigenvalue weighted by Crippen LogP contribution is 2.37. The molecule has 2 aromatic rings. The molecule has 1 aliphatic rings. The Morgan fingerprint density at radius 1 is 1.23 bits per heavy atom. The summed E-state index contributed by atoms with van der Waals surface area (Å²) >= 11 is 0. The highest BCUT2D eigenvalue weighted by molar-refractivity contribution is 6.13. The number of ether oxygens (including phenoxy) is 3. The molecule has 0 amide bonds. The molecular formula is C19H19NO6. The lowest BCUT2D eigenvalue weighted by Gasteiger charge is -2.07. The average molecular weight is 357 g/mol. The maximum absolute atomic E-state index is 12.4. The van der Waals surface area contributed by atoms with Crippen LogP contribution in [0.3, 0.4) is 0 Å². The molecule has 7 heteroatoms. The first kappa shape index (κ1) is 17.7. The zero-order valence-electron chi connectivity index (χ0n) is 15.0. The molecule has 1 aromatic heterocycles. The van der Waals surface area contributed by atoms with E-state index in [0.717, 1.165) is 5.57 Å². The molecule has 0 fully saturated rings. The Hall–Kier alpha value is -3.09. The number of Topliss-reactive ketones (excluding diaryl/α,β-unsaturated/α-hetero) is 1. The molecule has 136 valence electrons. The first-order chi connectivity index (χ1) is 12.4. The van der Waals surface area contributed by atoms with Crippen molar-refractivity contribution in [2.45, 2.75) is 33.6 Å². The van der Waals surface area contributed by atoms with Gasteiger partial charge < -0.3 is 18.7 Å². The number of carbonyl (C=O) groups excluding carboxylic acids is 2. The van der Waals surface area contributed by atoms with E-state index in [-0.39, 0.29) is 12.2 Å². The Balaban J connectivity index is 1.69. The Kier molecular flexibility index (Phi) is 4.79. The average Bonchev–Trinajstić information content (AvgIpc) is 3.17.